The lowest BCUT2D eigenvalue weighted by atomic mass is 10.1. The quantitative estimate of drug-likeness (QED) is 0.377. The molecule has 3 aromatic carbocycles. The first-order chi connectivity index (χ1) is 16.5. The first kappa shape index (κ1) is 21.3. The van der Waals surface area contributed by atoms with Crippen molar-refractivity contribution in [1.82, 2.24) is 19.7 Å². The minimum Gasteiger partial charge on any atom is -0.403 e. The van der Waals surface area contributed by atoms with Gasteiger partial charge in [-0.05, 0) is 55.0 Å². The van der Waals surface area contributed by atoms with Crippen LogP contribution < -0.4 is 10.5 Å². The normalized spacial score (nSPS) is 11.4. The van der Waals surface area contributed by atoms with E-state index >= 15 is 0 Å². The van der Waals surface area contributed by atoms with Crippen molar-refractivity contribution in [3.05, 3.63) is 100 Å². The van der Waals surface area contributed by atoms with Crippen LogP contribution in [0.15, 0.2) is 82.0 Å². The molecule has 0 bridgehead atoms. The summed E-state index contributed by atoms with van der Waals surface area (Å²) >= 11 is 0. The summed E-state index contributed by atoms with van der Waals surface area (Å²) in [6.07, 6.45) is 3.69. The number of nitrogens with zero attached hydrogens (tertiary/aromatic N) is 5. The highest BCUT2D eigenvalue weighted by atomic mass is 16.4. The van der Waals surface area contributed by atoms with Gasteiger partial charge in [-0.2, -0.15) is 0 Å². The van der Waals surface area contributed by atoms with Crippen LogP contribution >= 0.6 is 0 Å². The van der Waals surface area contributed by atoms with E-state index in [1.165, 1.54) is 10.1 Å². The fraction of sp³-hybridized carbons (Fsp3) is 0.111. The smallest absolute Gasteiger partial charge is 0.331 e. The fourth-order valence-electron chi connectivity index (χ4n) is 3.62. The van der Waals surface area contributed by atoms with Gasteiger partial charge in [-0.25, -0.2) is 9.55 Å². The van der Waals surface area contributed by atoms with E-state index in [0.29, 0.717) is 22.6 Å². The second-order valence-electron chi connectivity index (χ2n) is 8.20. The minimum absolute atomic E-state index is 0.0681. The molecule has 168 valence electrons. The highest BCUT2D eigenvalue weighted by Crippen LogP contribution is 2.23. The van der Waals surface area contributed by atoms with Gasteiger partial charge in [-0.1, -0.05) is 53.1 Å². The Morgan fingerprint density at radius 3 is 2.35 bits per heavy atom. The Hall–Kier alpha value is -4.52. The number of anilines is 1. The molecule has 0 atom stereocenters. The third-order valence-electron chi connectivity index (χ3n) is 5.54. The molecule has 7 heteroatoms. The molecule has 5 aromatic rings. The Morgan fingerprint density at radius 1 is 0.882 bits per heavy atom. The Balaban J connectivity index is 1.61. The summed E-state index contributed by atoms with van der Waals surface area (Å²) in [6.45, 7) is 2.04. The zero-order chi connectivity index (χ0) is 23.7. The van der Waals surface area contributed by atoms with Gasteiger partial charge in [0.15, 0.2) is 0 Å². The van der Waals surface area contributed by atoms with E-state index in [9.17, 15) is 4.79 Å². The molecule has 34 heavy (non-hydrogen) atoms. The third-order valence-corrected chi connectivity index (χ3v) is 5.54. The van der Waals surface area contributed by atoms with E-state index in [4.69, 9.17) is 9.40 Å². The molecule has 0 saturated heterocycles. The summed E-state index contributed by atoms with van der Waals surface area (Å²) in [7, 11) is 3.95. The van der Waals surface area contributed by atoms with Gasteiger partial charge < -0.3 is 9.32 Å². The number of para-hydroxylation sites is 1. The molecule has 0 aliphatic heterocycles. The van der Waals surface area contributed by atoms with Crippen LogP contribution in [0.4, 0.5) is 5.69 Å². The molecule has 0 N–H and O–H groups in total. The van der Waals surface area contributed by atoms with Crippen LogP contribution in [0.1, 0.15) is 17.0 Å². The molecule has 0 unspecified atom stereocenters. The summed E-state index contributed by atoms with van der Waals surface area (Å²) in [5.41, 5.74) is 4.32. The number of rotatable bonds is 5. The van der Waals surface area contributed by atoms with Crippen LogP contribution in [0.25, 0.3) is 40.5 Å². The van der Waals surface area contributed by atoms with Crippen molar-refractivity contribution in [3.63, 3.8) is 0 Å². The number of hydrogen-bond donors (Lipinski definition) is 0. The number of fused-ring (bicyclic) bond motifs is 1. The van der Waals surface area contributed by atoms with Crippen LogP contribution in [0.3, 0.4) is 0 Å². The van der Waals surface area contributed by atoms with Gasteiger partial charge in [0.25, 0.3) is 5.56 Å². The maximum atomic E-state index is 13.4. The molecule has 2 aromatic heterocycles. The lowest BCUT2D eigenvalue weighted by Gasteiger charge is -2.11. The van der Waals surface area contributed by atoms with Gasteiger partial charge in [0.1, 0.15) is 5.82 Å². The average Bonchev–Trinajstić information content (AvgIpc) is 3.33. The highest BCUT2D eigenvalue weighted by molar-refractivity contribution is 5.79. The van der Waals surface area contributed by atoms with Crippen molar-refractivity contribution in [2.45, 2.75) is 6.92 Å². The lowest BCUT2D eigenvalue weighted by molar-refractivity contribution is 0.530. The monoisotopic (exact) mass is 449 g/mol. The molecule has 0 amide bonds. The Kier molecular flexibility index (Phi) is 5.51. The topological polar surface area (TPSA) is 77.1 Å². The number of hydrogen-bond acceptors (Lipinski definition) is 6. The molecule has 0 aliphatic rings. The van der Waals surface area contributed by atoms with E-state index in [1.54, 1.807) is 12.1 Å². The van der Waals surface area contributed by atoms with E-state index < -0.39 is 0 Å². The summed E-state index contributed by atoms with van der Waals surface area (Å²) in [6, 6.07) is 23.1. The number of benzene rings is 3. The van der Waals surface area contributed by atoms with Crippen molar-refractivity contribution in [1.29, 1.82) is 0 Å². The predicted octanol–water partition coefficient (Wildman–Crippen LogP) is 4.98. The summed E-state index contributed by atoms with van der Waals surface area (Å²) in [4.78, 5) is 20.1. The first-order valence-corrected chi connectivity index (χ1v) is 10.9. The Bertz CT molecular complexity index is 1550. The zero-order valence-corrected chi connectivity index (χ0v) is 19.1. The molecule has 0 spiro atoms. The van der Waals surface area contributed by atoms with E-state index in [1.807, 2.05) is 98.7 Å². The van der Waals surface area contributed by atoms with Gasteiger partial charge in [-0.3, -0.25) is 4.79 Å². The summed E-state index contributed by atoms with van der Waals surface area (Å²) < 4.78 is 7.31. The molecule has 5 rings (SSSR count). The lowest BCUT2D eigenvalue weighted by Crippen LogP contribution is -2.22. The van der Waals surface area contributed by atoms with Crippen LogP contribution in [0.2, 0.25) is 0 Å². The average molecular weight is 450 g/mol. The maximum absolute atomic E-state index is 13.4. The van der Waals surface area contributed by atoms with E-state index in [2.05, 4.69) is 10.2 Å². The summed E-state index contributed by atoms with van der Waals surface area (Å²) in [5.74, 6) is 0.733. The van der Waals surface area contributed by atoms with Gasteiger partial charge >= 0.3 is 6.01 Å². The van der Waals surface area contributed by atoms with Crippen molar-refractivity contribution >= 4 is 28.7 Å². The van der Waals surface area contributed by atoms with Crippen molar-refractivity contribution in [2.75, 3.05) is 19.0 Å². The van der Waals surface area contributed by atoms with Crippen LogP contribution in [0, 0.1) is 6.92 Å². The van der Waals surface area contributed by atoms with Crippen LogP contribution in [-0.4, -0.2) is 33.8 Å². The maximum Gasteiger partial charge on any atom is 0.331 e. The molecule has 0 radical (unpaired) electrons. The summed E-state index contributed by atoms with van der Waals surface area (Å²) in [5, 5.41) is 8.84. The fourth-order valence-corrected chi connectivity index (χ4v) is 3.62. The predicted molar refractivity (Wildman–Crippen MR) is 135 cm³/mol. The van der Waals surface area contributed by atoms with Crippen molar-refractivity contribution < 1.29 is 4.42 Å². The molecule has 2 heterocycles. The largest absolute Gasteiger partial charge is 0.403 e. The molecule has 0 saturated carbocycles. The van der Waals surface area contributed by atoms with Crippen molar-refractivity contribution in [3.8, 4) is 17.5 Å². The van der Waals surface area contributed by atoms with Crippen LogP contribution in [0.5, 0.6) is 0 Å². The SMILES string of the molecule is Cc1ccc(/C=C/c2nc3ccccc3c(=O)n2-c2nnc(-c3ccc(N(C)C)cc3)o2)cc1. The molecule has 0 aliphatic carbocycles. The molecule has 7 nitrogen and oxygen atoms in total. The number of aromatic nitrogens is 4. The highest BCUT2D eigenvalue weighted by Gasteiger charge is 2.17. The van der Waals surface area contributed by atoms with Crippen LogP contribution in [-0.2, 0) is 0 Å². The standard InChI is InChI=1S/C27H23N5O2/c1-18-8-10-19(11-9-18)12-17-24-28-23-7-5-4-6-22(23)26(33)32(24)27-30-29-25(34-27)20-13-15-21(16-14-20)31(2)3/h4-17H,1-3H3/b17-12+. The van der Waals surface area contributed by atoms with E-state index in [0.717, 1.165) is 16.8 Å². The van der Waals surface area contributed by atoms with Gasteiger partial charge in [-0.15, -0.1) is 5.10 Å². The molecule has 0 fully saturated rings. The number of aryl methyl sites for hydroxylation is 1. The Labute approximate surface area is 196 Å². The second kappa shape index (κ2) is 8.78. The van der Waals surface area contributed by atoms with Gasteiger partial charge in [0, 0.05) is 25.3 Å². The van der Waals surface area contributed by atoms with E-state index in [-0.39, 0.29) is 11.6 Å². The van der Waals surface area contributed by atoms with Gasteiger partial charge in [0.05, 0.1) is 10.9 Å². The third kappa shape index (κ3) is 4.11. The van der Waals surface area contributed by atoms with Gasteiger partial charge in [0.2, 0.25) is 5.89 Å². The molecular weight excluding hydrogens is 426 g/mol. The molecular formula is C27H23N5O2. The van der Waals surface area contributed by atoms with Crippen molar-refractivity contribution in [2.24, 2.45) is 0 Å². The second-order valence-corrected chi connectivity index (χ2v) is 8.20. The zero-order valence-electron chi connectivity index (χ0n) is 19.1. The first-order valence-electron chi connectivity index (χ1n) is 10.9. The Morgan fingerprint density at radius 2 is 1.62 bits per heavy atom. The minimum atomic E-state index is -0.271.